The highest BCUT2D eigenvalue weighted by Gasteiger charge is 2.18. The van der Waals surface area contributed by atoms with Gasteiger partial charge in [-0.1, -0.05) is 31.2 Å². The van der Waals surface area contributed by atoms with E-state index in [2.05, 4.69) is 10.3 Å². The molecular formula is C15H18N2O3S. The zero-order valence-electron chi connectivity index (χ0n) is 12.0. The molecule has 1 amide bonds. The second-order valence-corrected chi connectivity index (χ2v) is 7.35. The zero-order valence-corrected chi connectivity index (χ0v) is 12.9. The van der Waals surface area contributed by atoms with Crippen molar-refractivity contribution in [1.29, 1.82) is 0 Å². The summed E-state index contributed by atoms with van der Waals surface area (Å²) in [5.41, 5.74) is 0.314. The number of carbonyl (C=O) groups excluding carboxylic acids is 1. The molecule has 1 aromatic heterocycles. The van der Waals surface area contributed by atoms with Crippen LogP contribution in [0.4, 0.5) is 0 Å². The number of pyridine rings is 1. The molecule has 0 spiro atoms. The molecule has 1 atom stereocenters. The summed E-state index contributed by atoms with van der Waals surface area (Å²) in [6.45, 7) is 3.27. The summed E-state index contributed by atoms with van der Waals surface area (Å²) < 4.78 is 23.1. The van der Waals surface area contributed by atoms with Crippen LogP contribution in [-0.4, -0.2) is 36.9 Å². The lowest BCUT2D eigenvalue weighted by Gasteiger charge is -2.14. The molecule has 21 heavy (non-hydrogen) atoms. The minimum atomic E-state index is -3.12. The zero-order chi connectivity index (χ0) is 15.5. The summed E-state index contributed by atoms with van der Waals surface area (Å²) >= 11 is 0. The summed E-state index contributed by atoms with van der Waals surface area (Å²) in [5, 5.41) is 4.37. The third kappa shape index (κ3) is 3.78. The maximum Gasteiger partial charge on any atom is 0.270 e. The monoisotopic (exact) mass is 306 g/mol. The first-order valence-electron chi connectivity index (χ1n) is 6.78. The molecule has 0 aliphatic carbocycles. The van der Waals surface area contributed by atoms with Gasteiger partial charge in [-0.2, -0.15) is 0 Å². The number of sulfone groups is 1. The average Bonchev–Trinajstić information content (AvgIpc) is 2.46. The van der Waals surface area contributed by atoms with Gasteiger partial charge in [-0.15, -0.1) is 0 Å². The van der Waals surface area contributed by atoms with Gasteiger partial charge in [0.1, 0.15) is 5.69 Å². The highest BCUT2D eigenvalue weighted by atomic mass is 32.2. The predicted molar refractivity (Wildman–Crippen MR) is 83.0 cm³/mol. The van der Waals surface area contributed by atoms with Crippen molar-refractivity contribution in [3.8, 4) is 0 Å². The smallest absolute Gasteiger partial charge is 0.270 e. The van der Waals surface area contributed by atoms with Crippen LogP contribution in [0.2, 0.25) is 0 Å². The Morgan fingerprint density at radius 2 is 2.00 bits per heavy atom. The summed E-state index contributed by atoms with van der Waals surface area (Å²) in [6, 6.07) is 8.83. The fourth-order valence-corrected chi connectivity index (χ4v) is 3.21. The number of amides is 1. The van der Waals surface area contributed by atoms with Crippen LogP contribution in [-0.2, 0) is 9.84 Å². The van der Waals surface area contributed by atoms with E-state index in [4.69, 9.17) is 0 Å². The first-order valence-corrected chi connectivity index (χ1v) is 8.60. The standard InChI is InChI=1S/C15H18N2O3S/c1-3-21(19,20)10-11(2)17-15(18)14-13-7-5-4-6-12(13)8-9-16-14/h4-9,11H,3,10H2,1-2H3,(H,17,18)/t11-/m1/s1. The summed E-state index contributed by atoms with van der Waals surface area (Å²) in [5.74, 6) is -0.356. The third-order valence-electron chi connectivity index (χ3n) is 3.21. The number of fused-ring (bicyclic) bond motifs is 1. The van der Waals surface area contributed by atoms with Gasteiger partial charge in [-0.25, -0.2) is 8.42 Å². The Hall–Kier alpha value is -1.95. The summed E-state index contributed by atoms with van der Waals surface area (Å²) in [7, 11) is -3.12. The van der Waals surface area contributed by atoms with Gasteiger partial charge < -0.3 is 5.32 Å². The molecule has 1 aromatic carbocycles. The maximum atomic E-state index is 12.3. The SMILES string of the molecule is CCS(=O)(=O)C[C@@H](C)NC(=O)c1nccc2ccccc12. The van der Waals surface area contributed by atoms with E-state index >= 15 is 0 Å². The fourth-order valence-electron chi connectivity index (χ4n) is 2.13. The molecule has 0 bridgehead atoms. The van der Waals surface area contributed by atoms with Crippen LogP contribution in [0.15, 0.2) is 36.5 Å². The Kier molecular flexibility index (Phi) is 4.57. The molecule has 5 nitrogen and oxygen atoms in total. The summed E-state index contributed by atoms with van der Waals surface area (Å²) in [4.78, 5) is 16.4. The molecule has 2 rings (SSSR count). The molecule has 0 saturated heterocycles. The molecule has 1 heterocycles. The number of nitrogens with one attached hydrogen (secondary N) is 1. The van der Waals surface area contributed by atoms with Gasteiger partial charge in [-0.3, -0.25) is 9.78 Å². The van der Waals surface area contributed by atoms with Crippen molar-refractivity contribution in [2.75, 3.05) is 11.5 Å². The van der Waals surface area contributed by atoms with E-state index in [1.165, 1.54) is 0 Å². The summed E-state index contributed by atoms with van der Waals surface area (Å²) in [6.07, 6.45) is 1.57. The molecule has 6 heteroatoms. The Labute approximate surface area is 124 Å². The molecule has 112 valence electrons. The van der Waals surface area contributed by atoms with E-state index < -0.39 is 15.9 Å². The van der Waals surface area contributed by atoms with Crippen molar-refractivity contribution in [1.82, 2.24) is 10.3 Å². The number of hydrogen-bond acceptors (Lipinski definition) is 4. The van der Waals surface area contributed by atoms with Gasteiger partial charge >= 0.3 is 0 Å². The fraction of sp³-hybridized carbons (Fsp3) is 0.333. The van der Waals surface area contributed by atoms with Gasteiger partial charge in [0, 0.05) is 23.4 Å². The van der Waals surface area contributed by atoms with Crippen molar-refractivity contribution in [2.45, 2.75) is 19.9 Å². The molecular weight excluding hydrogens is 288 g/mol. The van der Waals surface area contributed by atoms with Gasteiger partial charge in [-0.05, 0) is 18.4 Å². The quantitative estimate of drug-likeness (QED) is 0.913. The molecule has 0 saturated carbocycles. The first kappa shape index (κ1) is 15.4. The molecule has 0 fully saturated rings. The Morgan fingerprint density at radius 3 is 2.71 bits per heavy atom. The Bertz CT molecular complexity index is 751. The number of aromatic nitrogens is 1. The number of hydrogen-bond donors (Lipinski definition) is 1. The van der Waals surface area contributed by atoms with Crippen LogP contribution >= 0.6 is 0 Å². The van der Waals surface area contributed by atoms with E-state index in [0.29, 0.717) is 5.69 Å². The second-order valence-electron chi connectivity index (χ2n) is 4.95. The Balaban J connectivity index is 2.20. The van der Waals surface area contributed by atoms with Gasteiger partial charge in [0.25, 0.3) is 5.91 Å². The first-order chi connectivity index (χ1) is 9.93. The number of benzene rings is 1. The van der Waals surface area contributed by atoms with Crippen molar-refractivity contribution < 1.29 is 13.2 Å². The van der Waals surface area contributed by atoms with Gasteiger partial charge in [0.2, 0.25) is 0 Å². The number of rotatable bonds is 5. The maximum absolute atomic E-state index is 12.3. The van der Waals surface area contributed by atoms with Crippen LogP contribution < -0.4 is 5.32 Å². The van der Waals surface area contributed by atoms with Gasteiger partial charge in [0.05, 0.1) is 5.75 Å². The van der Waals surface area contributed by atoms with Crippen molar-refractivity contribution in [2.24, 2.45) is 0 Å². The van der Waals surface area contributed by atoms with E-state index in [9.17, 15) is 13.2 Å². The third-order valence-corrected chi connectivity index (χ3v) is 5.10. The lowest BCUT2D eigenvalue weighted by atomic mass is 10.1. The molecule has 0 aliphatic heterocycles. The molecule has 0 unspecified atom stereocenters. The van der Waals surface area contributed by atoms with E-state index in [0.717, 1.165) is 10.8 Å². The average molecular weight is 306 g/mol. The highest BCUT2D eigenvalue weighted by Crippen LogP contribution is 2.16. The lowest BCUT2D eigenvalue weighted by molar-refractivity contribution is 0.0940. The van der Waals surface area contributed by atoms with Crippen LogP contribution in [0.5, 0.6) is 0 Å². The second kappa shape index (κ2) is 6.22. The van der Waals surface area contributed by atoms with Crippen LogP contribution in [0, 0.1) is 0 Å². The van der Waals surface area contributed by atoms with E-state index in [1.54, 1.807) is 20.0 Å². The normalized spacial score (nSPS) is 13.0. The molecule has 0 radical (unpaired) electrons. The van der Waals surface area contributed by atoms with Crippen LogP contribution in [0.3, 0.4) is 0 Å². The minimum absolute atomic E-state index is 0.0692. The largest absolute Gasteiger partial charge is 0.347 e. The van der Waals surface area contributed by atoms with Crippen LogP contribution in [0.1, 0.15) is 24.3 Å². The van der Waals surface area contributed by atoms with E-state index in [1.807, 2.05) is 30.3 Å². The number of carbonyl (C=O) groups is 1. The lowest BCUT2D eigenvalue weighted by Crippen LogP contribution is -2.38. The molecule has 0 aliphatic rings. The highest BCUT2D eigenvalue weighted by molar-refractivity contribution is 7.91. The van der Waals surface area contributed by atoms with Crippen LogP contribution in [0.25, 0.3) is 10.8 Å². The topological polar surface area (TPSA) is 76.1 Å². The molecule has 2 aromatic rings. The van der Waals surface area contributed by atoms with Crippen molar-refractivity contribution >= 4 is 26.5 Å². The number of nitrogens with zero attached hydrogens (tertiary/aromatic N) is 1. The van der Waals surface area contributed by atoms with Crippen molar-refractivity contribution in [3.05, 3.63) is 42.2 Å². The predicted octanol–water partition coefficient (Wildman–Crippen LogP) is 1.79. The Morgan fingerprint density at radius 1 is 1.29 bits per heavy atom. The van der Waals surface area contributed by atoms with Gasteiger partial charge in [0.15, 0.2) is 9.84 Å². The van der Waals surface area contributed by atoms with Crippen molar-refractivity contribution in [3.63, 3.8) is 0 Å². The van der Waals surface area contributed by atoms with E-state index in [-0.39, 0.29) is 17.4 Å². The molecule has 1 N–H and O–H groups in total. The minimum Gasteiger partial charge on any atom is -0.347 e.